The van der Waals surface area contributed by atoms with Crippen LogP contribution in [0.3, 0.4) is 0 Å². The van der Waals surface area contributed by atoms with Gasteiger partial charge in [-0.05, 0) is 30.9 Å². The lowest BCUT2D eigenvalue weighted by Gasteiger charge is -2.11. The predicted molar refractivity (Wildman–Crippen MR) is 69.3 cm³/mol. The van der Waals surface area contributed by atoms with Gasteiger partial charge in [-0.15, -0.1) is 11.3 Å². The van der Waals surface area contributed by atoms with E-state index in [4.69, 9.17) is 0 Å². The lowest BCUT2D eigenvalue weighted by molar-refractivity contribution is 1.10. The van der Waals surface area contributed by atoms with Gasteiger partial charge in [0.2, 0.25) is 0 Å². The van der Waals surface area contributed by atoms with Crippen molar-refractivity contribution in [2.24, 2.45) is 0 Å². The Morgan fingerprint density at radius 2 is 2.27 bits per heavy atom. The third-order valence-corrected chi connectivity index (χ3v) is 4.42. The zero-order valence-electron chi connectivity index (χ0n) is 9.07. The fourth-order valence-corrected chi connectivity index (χ4v) is 2.90. The second-order valence-corrected chi connectivity index (χ2v) is 5.17. The van der Waals surface area contributed by atoms with Gasteiger partial charge in [0.05, 0.1) is 10.6 Å². The Hall–Kier alpha value is -1.00. The molecule has 0 aromatic carbocycles. The normalized spacial score (nSPS) is 12.1. The van der Waals surface area contributed by atoms with Crippen LogP contribution in [-0.2, 0) is 0 Å². The van der Waals surface area contributed by atoms with Gasteiger partial charge in [-0.25, -0.2) is 0 Å². The van der Waals surface area contributed by atoms with E-state index < -0.39 is 0 Å². The number of nitrogens with one attached hydrogen (secondary N) is 1. The van der Waals surface area contributed by atoms with E-state index in [-0.39, 0.29) is 0 Å². The van der Waals surface area contributed by atoms with Crippen molar-refractivity contribution >= 4 is 34.8 Å². The Bertz CT molecular complexity index is 474. The largest absolute Gasteiger partial charge is 0.386 e. The van der Waals surface area contributed by atoms with E-state index in [1.54, 1.807) is 22.9 Å². The maximum Gasteiger partial charge on any atom is 0.0694 e. The molecular weight excluding hydrogens is 224 g/mol. The first kappa shape index (κ1) is 10.5. The van der Waals surface area contributed by atoms with Gasteiger partial charge in [-0.2, -0.15) is 0 Å². The molecule has 2 nitrogen and oxygen atoms in total. The van der Waals surface area contributed by atoms with E-state index in [9.17, 15) is 0 Å². The number of thiophene rings is 1. The van der Waals surface area contributed by atoms with Gasteiger partial charge in [0.25, 0.3) is 0 Å². The molecule has 0 radical (unpaired) electrons. The van der Waals surface area contributed by atoms with Crippen LogP contribution in [0.4, 0.5) is 0 Å². The maximum atomic E-state index is 3.25. The first-order valence-electron chi connectivity index (χ1n) is 4.79. The number of aromatic nitrogens is 1. The van der Waals surface area contributed by atoms with Crippen LogP contribution in [0.1, 0.15) is 16.1 Å². The summed E-state index contributed by atoms with van der Waals surface area (Å²) in [4.78, 5) is 1.32. The minimum atomic E-state index is 1.18. The zero-order chi connectivity index (χ0) is 10.8. The number of hydrogen-bond acceptors (Lipinski definition) is 3. The molecule has 15 heavy (non-hydrogen) atoms. The first-order valence-corrected chi connectivity index (χ1v) is 6.51. The molecule has 0 bridgehead atoms. The van der Waals surface area contributed by atoms with E-state index in [0.717, 1.165) is 0 Å². The second kappa shape index (κ2) is 4.24. The highest BCUT2D eigenvalue weighted by molar-refractivity contribution is 7.11. The highest BCUT2D eigenvalue weighted by Gasteiger charge is 2.06. The zero-order valence-corrected chi connectivity index (χ0v) is 10.7. The van der Waals surface area contributed by atoms with E-state index >= 15 is 0 Å². The van der Waals surface area contributed by atoms with Crippen LogP contribution in [0, 0.1) is 13.8 Å². The van der Waals surface area contributed by atoms with E-state index in [0.29, 0.717) is 0 Å². The van der Waals surface area contributed by atoms with Crippen molar-refractivity contribution in [2.75, 3.05) is 7.05 Å². The van der Waals surface area contributed by atoms with Crippen molar-refractivity contribution in [1.82, 2.24) is 9.27 Å². The quantitative estimate of drug-likeness (QED) is 0.867. The number of rotatable bonds is 3. The summed E-state index contributed by atoms with van der Waals surface area (Å²) < 4.78 is 2.17. The van der Waals surface area contributed by atoms with Gasteiger partial charge in [0, 0.05) is 24.3 Å². The van der Waals surface area contributed by atoms with Crippen molar-refractivity contribution in [1.29, 1.82) is 0 Å². The van der Waals surface area contributed by atoms with Gasteiger partial charge >= 0.3 is 0 Å². The van der Waals surface area contributed by atoms with Crippen LogP contribution < -0.4 is 5.32 Å². The van der Waals surface area contributed by atoms with Gasteiger partial charge in [0.1, 0.15) is 0 Å². The SMILES string of the molecule is CN/C(=C\n1scc1C)c1sccc1C. The monoisotopic (exact) mass is 238 g/mol. The Balaban J connectivity index is 2.35. The minimum absolute atomic E-state index is 1.18. The van der Waals surface area contributed by atoms with Crippen molar-refractivity contribution in [3.8, 4) is 0 Å². The van der Waals surface area contributed by atoms with Crippen LogP contribution in [0.25, 0.3) is 11.9 Å². The van der Waals surface area contributed by atoms with E-state index in [2.05, 4.69) is 46.1 Å². The Kier molecular flexibility index (Phi) is 2.98. The summed E-state index contributed by atoms with van der Waals surface area (Å²) in [5.74, 6) is 0. The number of nitrogens with zero attached hydrogens (tertiary/aromatic N) is 1. The van der Waals surface area contributed by atoms with Gasteiger partial charge in [-0.1, -0.05) is 11.5 Å². The average molecular weight is 238 g/mol. The molecule has 80 valence electrons. The fourth-order valence-electron chi connectivity index (χ4n) is 1.35. The summed E-state index contributed by atoms with van der Waals surface area (Å²) >= 11 is 3.49. The second-order valence-electron chi connectivity index (χ2n) is 3.42. The lowest BCUT2D eigenvalue weighted by atomic mass is 10.2. The van der Waals surface area contributed by atoms with Crippen molar-refractivity contribution < 1.29 is 0 Å². The summed E-state index contributed by atoms with van der Waals surface area (Å²) in [6.07, 6.45) is 2.15. The molecule has 0 unspecified atom stereocenters. The smallest absolute Gasteiger partial charge is 0.0694 e. The highest BCUT2D eigenvalue weighted by Crippen LogP contribution is 2.24. The molecule has 2 aromatic heterocycles. The minimum Gasteiger partial charge on any atom is -0.386 e. The molecule has 2 heterocycles. The average Bonchev–Trinajstić information content (AvgIpc) is 2.64. The third-order valence-electron chi connectivity index (χ3n) is 2.31. The molecule has 0 saturated heterocycles. The predicted octanol–water partition coefficient (Wildman–Crippen LogP) is 3.40. The molecule has 2 rings (SSSR count). The molecule has 2 aromatic rings. The third kappa shape index (κ3) is 2.01. The molecule has 0 aliphatic heterocycles. The van der Waals surface area contributed by atoms with E-state index in [1.807, 2.05) is 7.05 Å². The lowest BCUT2D eigenvalue weighted by Crippen LogP contribution is -2.06. The molecule has 0 amide bonds. The first-order chi connectivity index (χ1) is 7.22. The van der Waals surface area contributed by atoms with Crippen molar-refractivity contribution in [3.63, 3.8) is 0 Å². The van der Waals surface area contributed by atoms with Gasteiger partial charge < -0.3 is 5.32 Å². The van der Waals surface area contributed by atoms with Crippen molar-refractivity contribution in [3.05, 3.63) is 33.0 Å². The Labute approximate surface area is 98.0 Å². The van der Waals surface area contributed by atoms with Gasteiger partial charge in [-0.3, -0.25) is 3.96 Å². The van der Waals surface area contributed by atoms with Crippen LogP contribution in [0.2, 0.25) is 0 Å². The summed E-state index contributed by atoms with van der Waals surface area (Å²) in [5, 5.41) is 7.52. The molecule has 0 aliphatic rings. The molecule has 0 saturated carbocycles. The molecule has 0 fully saturated rings. The molecule has 4 heteroatoms. The van der Waals surface area contributed by atoms with Gasteiger partial charge in [0.15, 0.2) is 0 Å². The van der Waals surface area contributed by atoms with Crippen molar-refractivity contribution in [2.45, 2.75) is 13.8 Å². The highest BCUT2D eigenvalue weighted by atomic mass is 32.1. The standard InChI is InChI=1S/C11H14N2S2/c1-8-4-5-14-11(8)10(12-3)6-13-9(2)7-15-13/h4-7,12H,1-3H3/b10-6-. The Morgan fingerprint density at radius 3 is 2.67 bits per heavy atom. The molecule has 0 aliphatic carbocycles. The van der Waals surface area contributed by atoms with Crippen LogP contribution in [-0.4, -0.2) is 11.0 Å². The summed E-state index contributed by atoms with van der Waals surface area (Å²) in [6, 6.07) is 2.15. The molecule has 0 atom stereocenters. The van der Waals surface area contributed by atoms with Crippen LogP contribution in [0.15, 0.2) is 16.8 Å². The number of aryl methyl sites for hydroxylation is 2. The molecular formula is C11H14N2S2. The van der Waals surface area contributed by atoms with Crippen LogP contribution in [0.5, 0.6) is 0 Å². The van der Waals surface area contributed by atoms with E-state index in [1.165, 1.54) is 21.8 Å². The number of hydrogen-bond donors (Lipinski definition) is 1. The maximum absolute atomic E-state index is 3.25. The summed E-state index contributed by atoms with van der Waals surface area (Å²) in [6.45, 7) is 4.25. The summed E-state index contributed by atoms with van der Waals surface area (Å²) in [5.41, 5.74) is 3.80. The molecule has 0 spiro atoms. The summed E-state index contributed by atoms with van der Waals surface area (Å²) in [7, 11) is 1.97. The molecule has 1 N–H and O–H groups in total. The Morgan fingerprint density at radius 1 is 1.47 bits per heavy atom. The van der Waals surface area contributed by atoms with Crippen LogP contribution >= 0.6 is 22.9 Å². The topological polar surface area (TPSA) is 17.0 Å². The fraction of sp³-hybridized carbons (Fsp3) is 0.273.